The van der Waals surface area contributed by atoms with Crippen LogP contribution in [0.5, 0.6) is 0 Å². The van der Waals surface area contributed by atoms with E-state index in [1.54, 1.807) is 6.92 Å². The van der Waals surface area contributed by atoms with Crippen LogP contribution in [0.1, 0.15) is 19.8 Å². The molecule has 4 aliphatic rings. The average molecular weight is 182 g/mol. The van der Waals surface area contributed by atoms with Gasteiger partial charge in [0.2, 0.25) is 0 Å². The third-order valence-corrected chi connectivity index (χ3v) is 4.60. The molecule has 1 N–H and O–H groups in total. The quantitative estimate of drug-likeness (QED) is 0.600. The van der Waals surface area contributed by atoms with Crippen LogP contribution in [0.3, 0.4) is 0 Å². The largest absolute Gasteiger partial charge is 0.365 e. The van der Waals surface area contributed by atoms with Gasteiger partial charge in [-0.2, -0.15) is 0 Å². The zero-order valence-electron chi connectivity index (χ0n) is 7.64. The van der Waals surface area contributed by atoms with Gasteiger partial charge in [-0.1, -0.05) is 0 Å². The average Bonchev–Trinajstić information content (AvgIpc) is 2.61. The van der Waals surface area contributed by atoms with Gasteiger partial charge in [-0.05, 0) is 31.6 Å². The van der Waals surface area contributed by atoms with Crippen molar-refractivity contribution in [1.82, 2.24) is 0 Å². The Morgan fingerprint density at radius 2 is 2.23 bits per heavy atom. The maximum Gasteiger partial charge on any atom is 0.169 e. The minimum atomic E-state index is -0.917. The van der Waals surface area contributed by atoms with E-state index in [0.29, 0.717) is 29.8 Å². The molecule has 2 heterocycles. The van der Waals surface area contributed by atoms with Crippen LogP contribution in [0.2, 0.25) is 0 Å². The van der Waals surface area contributed by atoms with Gasteiger partial charge in [-0.15, -0.1) is 0 Å². The number of fused-ring (bicyclic) bond motifs is 2. The standard InChI is InChI=1S/C10H14O3/c1-10(11)8-4-2-5-6(3-4)12-9(13-10)7(5)8/h4-9,11H,2-3H2,1H3/t4-,5+,6-,7-,8+,9+,10+/m1/s1. The summed E-state index contributed by atoms with van der Waals surface area (Å²) in [5.74, 6) is 1.27. The summed E-state index contributed by atoms with van der Waals surface area (Å²) >= 11 is 0. The minimum Gasteiger partial charge on any atom is -0.365 e. The molecule has 0 aromatic rings. The summed E-state index contributed by atoms with van der Waals surface area (Å²) in [6.45, 7) is 1.80. The molecule has 0 aromatic heterocycles. The van der Waals surface area contributed by atoms with Crippen molar-refractivity contribution in [3.63, 3.8) is 0 Å². The molecule has 0 amide bonds. The second-order valence-electron chi connectivity index (χ2n) is 5.21. The van der Waals surface area contributed by atoms with Crippen molar-refractivity contribution >= 4 is 0 Å². The number of rotatable bonds is 0. The molecule has 2 aliphatic carbocycles. The van der Waals surface area contributed by atoms with Gasteiger partial charge in [0.05, 0.1) is 6.10 Å². The molecule has 2 bridgehead atoms. The van der Waals surface area contributed by atoms with Crippen molar-refractivity contribution in [2.24, 2.45) is 23.7 Å². The summed E-state index contributed by atoms with van der Waals surface area (Å²) < 4.78 is 11.3. The predicted octanol–water partition coefficient (Wildman–Crippen LogP) is 0.722. The molecule has 3 nitrogen and oxygen atoms in total. The summed E-state index contributed by atoms with van der Waals surface area (Å²) in [5, 5.41) is 10.1. The van der Waals surface area contributed by atoms with Crippen molar-refractivity contribution in [2.45, 2.75) is 37.9 Å². The van der Waals surface area contributed by atoms with E-state index in [0.717, 1.165) is 6.42 Å². The Kier molecular flexibility index (Phi) is 1.00. The molecule has 4 rings (SSSR count). The van der Waals surface area contributed by atoms with Crippen molar-refractivity contribution in [3.05, 3.63) is 0 Å². The Hall–Kier alpha value is -0.120. The monoisotopic (exact) mass is 182 g/mol. The van der Waals surface area contributed by atoms with Crippen LogP contribution in [0.15, 0.2) is 0 Å². The zero-order chi connectivity index (χ0) is 8.79. The molecule has 2 saturated carbocycles. The zero-order valence-corrected chi connectivity index (χ0v) is 7.64. The number of hydrogen-bond acceptors (Lipinski definition) is 3. The normalized spacial score (nSPS) is 72.5. The van der Waals surface area contributed by atoms with Crippen molar-refractivity contribution in [1.29, 1.82) is 0 Å². The van der Waals surface area contributed by atoms with Crippen LogP contribution in [-0.2, 0) is 9.47 Å². The van der Waals surface area contributed by atoms with E-state index in [1.165, 1.54) is 6.42 Å². The first-order valence-corrected chi connectivity index (χ1v) is 5.22. The smallest absolute Gasteiger partial charge is 0.169 e. The van der Waals surface area contributed by atoms with E-state index in [2.05, 4.69) is 0 Å². The van der Waals surface area contributed by atoms with Crippen LogP contribution in [0, 0.1) is 23.7 Å². The number of hydrogen-bond donors (Lipinski definition) is 1. The van der Waals surface area contributed by atoms with Crippen LogP contribution >= 0.6 is 0 Å². The highest BCUT2D eigenvalue weighted by Crippen LogP contribution is 2.66. The Balaban J connectivity index is 1.86. The van der Waals surface area contributed by atoms with E-state index >= 15 is 0 Å². The third kappa shape index (κ3) is 0.631. The minimum absolute atomic E-state index is 0.0949. The van der Waals surface area contributed by atoms with E-state index in [4.69, 9.17) is 9.47 Å². The molecular formula is C10H14O3. The van der Waals surface area contributed by atoms with Crippen LogP contribution in [0.25, 0.3) is 0 Å². The Morgan fingerprint density at radius 3 is 3.08 bits per heavy atom. The SMILES string of the molecule is C[C@]1(O)O[C@@H]2O[C@@H]3C[C@H]4C[C@@H]3[C@@H]2[C@H]41. The van der Waals surface area contributed by atoms with E-state index in [-0.39, 0.29) is 6.29 Å². The lowest BCUT2D eigenvalue weighted by Crippen LogP contribution is -2.39. The van der Waals surface area contributed by atoms with Gasteiger partial charge >= 0.3 is 0 Å². The summed E-state index contributed by atoms with van der Waals surface area (Å²) in [6.07, 6.45) is 2.77. The van der Waals surface area contributed by atoms with Crippen molar-refractivity contribution in [3.8, 4) is 0 Å². The molecule has 2 saturated heterocycles. The van der Waals surface area contributed by atoms with Crippen LogP contribution in [0.4, 0.5) is 0 Å². The highest BCUT2D eigenvalue weighted by molar-refractivity contribution is 5.12. The molecule has 0 unspecified atom stereocenters. The molecule has 3 heteroatoms. The fraction of sp³-hybridized carbons (Fsp3) is 1.00. The van der Waals surface area contributed by atoms with E-state index in [1.807, 2.05) is 0 Å². The molecular weight excluding hydrogens is 168 g/mol. The fourth-order valence-electron chi connectivity index (χ4n) is 4.35. The lowest BCUT2D eigenvalue weighted by molar-refractivity contribution is -0.265. The van der Waals surface area contributed by atoms with Gasteiger partial charge in [-0.25, -0.2) is 0 Å². The highest BCUT2D eigenvalue weighted by Gasteiger charge is 2.70. The predicted molar refractivity (Wildman–Crippen MR) is 43.6 cm³/mol. The fourth-order valence-corrected chi connectivity index (χ4v) is 4.35. The summed E-state index contributed by atoms with van der Waals surface area (Å²) in [6, 6.07) is 0. The highest BCUT2D eigenvalue weighted by atomic mass is 16.8. The van der Waals surface area contributed by atoms with Gasteiger partial charge in [0.1, 0.15) is 0 Å². The first-order chi connectivity index (χ1) is 6.17. The van der Waals surface area contributed by atoms with Crippen LogP contribution < -0.4 is 0 Å². The molecule has 4 fully saturated rings. The molecule has 0 spiro atoms. The van der Waals surface area contributed by atoms with Crippen molar-refractivity contribution in [2.75, 3.05) is 0 Å². The molecule has 7 atom stereocenters. The number of aliphatic hydroxyl groups is 1. The molecule has 0 radical (unpaired) electrons. The second-order valence-corrected chi connectivity index (χ2v) is 5.21. The topological polar surface area (TPSA) is 38.7 Å². The Bertz CT molecular complexity index is 273. The number of ether oxygens (including phenoxy) is 2. The molecule has 72 valence electrons. The molecule has 13 heavy (non-hydrogen) atoms. The first-order valence-electron chi connectivity index (χ1n) is 5.22. The van der Waals surface area contributed by atoms with Crippen molar-refractivity contribution < 1.29 is 14.6 Å². The maximum atomic E-state index is 10.1. The summed E-state index contributed by atoms with van der Waals surface area (Å²) in [7, 11) is 0. The van der Waals surface area contributed by atoms with E-state index < -0.39 is 5.79 Å². The lowest BCUT2D eigenvalue weighted by atomic mass is 9.77. The van der Waals surface area contributed by atoms with Gasteiger partial charge in [0, 0.05) is 11.8 Å². The molecule has 0 aromatic carbocycles. The third-order valence-electron chi connectivity index (χ3n) is 4.60. The van der Waals surface area contributed by atoms with Gasteiger partial charge in [0.15, 0.2) is 12.1 Å². The first kappa shape index (κ1) is 7.21. The molecule has 2 aliphatic heterocycles. The second kappa shape index (κ2) is 1.81. The van der Waals surface area contributed by atoms with Gasteiger partial charge in [0.25, 0.3) is 0 Å². The van der Waals surface area contributed by atoms with Crippen LogP contribution in [-0.4, -0.2) is 23.3 Å². The summed E-state index contributed by atoms with van der Waals surface area (Å²) in [4.78, 5) is 0. The maximum absolute atomic E-state index is 10.1. The summed E-state index contributed by atoms with van der Waals surface area (Å²) in [5.41, 5.74) is 0. The Labute approximate surface area is 77.0 Å². The lowest BCUT2D eigenvalue weighted by Gasteiger charge is -2.32. The Morgan fingerprint density at radius 1 is 1.38 bits per heavy atom. The van der Waals surface area contributed by atoms with Gasteiger partial charge < -0.3 is 14.6 Å². The van der Waals surface area contributed by atoms with Gasteiger partial charge in [-0.3, -0.25) is 0 Å². The van der Waals surface area contributed by atoms with E-state index in [9.17, 15) is 5.11 Å².